The van der Waals surface area contributed by atoms with E-state index in [9.17, 15) is 0 Å². The fraction of sp³-hybridized carbons (Fsp3) is 0.235. The lowest BCUT2D eigenvalue weighted by Gasteiger charge is -2.07. The molecule has 0 spiro atoms. The van der Waals surface area contributed by atoms with Gasteiger partial charge in [-0.15, -0.1) is 5.10 Å². The Balaban J connectivity index is 1.47. The first kappa shape index (κ1) is 16.5. The Labute approximate surface area is 145 Å². The second-order valence-corrected chi connectivity index (χ2v) is 6.15. The highest BCUT2D eigenvalue weighted by Gasteiger charge is 2.08. The number of para-hydroxylation sites is 1. The van der Waals surface area contributed by atoms with Crippen LogP contribution in [0.4, 0.5) is 0 Å². The van der Waals surface area contributed by atoms with Crippen molar-refractivity contribution in [1.82, 2.24) is 25.5 Å². The van der Waals surface area contributed by atoms with Crippen LogP contribution < -0.4 is 10.1 Å². The second kappa shape index (κ2) is 8.47. The number of nitrogens with one attached hydrogen (secondary N) is 1. The molecule has 3 rings (SSSR count). The number of ether oxygens (including phenoxy) is 1. The molecular formula is C17H19N5OS. The van der Waals surface area contributed by atoms with Crippen molar-refractivity contribution in [3.8, 4) is 11.4 Å². The zero-order valence-electron chi connectivity index (χ0n) is 13.4. The lowest BCUT2D eigenvalue weighted by Crippen LogP contribution is -2.16. The van der Waals surface area contributed by atoms with Crippen molar-refractivity contribution in [2.75, 3.05) is 19.4 Å². The van der Waals surface area contributed by atoms with Crippen molar-refractivity contribution < 1.29 is 4.74 Å². The number of methoxy groups -OCH3 is 1. The molecule has 0 saturated carbocycles. The molecule has 0 aliphatic carbocycles. The van der Waals surface area contributed by atoms with Gasteiger partial charge in [0.15, 0.2) is 0 Å². The molecule has 2 aromatic carbocycles. The van der Waals surface area contributed by atoms with Gasteiger partial charge in [0, 0.05) is 18.8 Å². The van der Waals surface area contributed by atoms with E-state index >= 15 is 0 Å². The molecule has 0 fully saturated rings. The zero-order chi connectivity index (χ0) is 16.6. The molecule has 6 nitrogen and oxygen atoms in total. The number of thioether (sulfide) groups is 1. The highest BCUT2D eigenvalue weighted by atomic mass is 32.2. The molecule has 0 aliphatic heterocycles. The summed E-state index contributed by atoms with van der Waals surface area (Å²) in [4.78, 5) is 0. The van der Waals surface area contributed by atoms with Crippen LogP contribution in [0, 0.1) is 0 Å². The highest BCUT2D eigenvalue weighted by Crippen LogP contribution is 2.17. The molecule has 124 valence electrons. The van der Waals surface area contributed by atoms with E-state index in [4.69, 9.17) is 4.74 Å². The molecule has 0 radical (unpaired) electrons. The number of rotatable bonds is 8. The molecule has 0 unspecified atom stereocenters. The van der Waals surface area contributed by atoms with Crippen molar-refractivity contribution in [3.63, 3.8) is 0 Å². The van der Waals surface area contributed by atoms with E-state index in [1.54, 1.807) is 23.6 Å². The summed E-state index contributed by atoms with van der Waals surface area (Å²) in [7, 11) is 1.68. The minimum absolute atomic E-state index is 0.796. The molecule has 0 atom stereocenters. The fourth-order valence-corrected chi connectivity index (χ4v) is 3.02. The molecule has 0 aliphatic rings. The molecule has 0 saturated heterocycles. The van der Waals surface area contributed by atoms with Crippen LogP contribution in [0.1, 0.15) is 5.56 Å². The third kappa shape index (κ3) is 4.33. The molecule has 0 amide bonds. The van der Waals surface area contributed by atoms with Gasteiger partial charge in [0.2, 0.25) is 5.16 Å². The average Bonchev–Trinajstić information content (AvgIpc) is 3.11. The largest absolute Gasteiger partial charge is 0.497 e. The van der Waals surface area contributed by atoms with Crippen LogP contribution in [-0.4, -0.2) is 39.6 Å². The van der Waals surface area contributed by atoms with Gasteiger partial charge in [-0.2, -0.15) is 4.68 Å². The van der Waals surface area contributed by atoms with Crippen LogP contribution in [0.2, 0.25) is 0 Å². The number of aromatic nitrogens is 4. The Bertz CT molecular complexity index is 762. The zero-order valence-corrected chi connectivity index (χ0v) is 14.2. The lowest BCUT2D eigenvalue weighted by molar-refractivity contribution is 0.414. The van der Waals surface area contributed by atoms with Crippen LogP contribution in [0.5, 0.6) is 5.75 Å². The van der Waals surface area contributed by atoms with Gasteiger partial charge in [0.05, 0.1) is 12.8 Å². The minimum atomic E-state index is 0.796. The minimum Gasteiger partial charge on any atom is -0.497 e. The van der Waals surface area contributed by atoms with Crippen LogP contribution in [0.25, 0.3) is 5.69 Å². The maximum atomic E-state index is 5.23. The molecule has 1 N–H and O–H groups in total. The van der Waals surface area contributed by atoms with Crippen molar-refractivity contribution in [2.45, 2.75) is 11.7 Å². The van der Waals surface area contributed by atoms with Gasteiger partial charge >= 0.3 is 0 Å². The van der Waals surface area contributed by atoms with Crippen LogP contribution in [0.3, 0.4) is 0 Å². The molecule has 24 heavy (non-hydrogen) atoms. The third-order valence-electron chi connectivity index (χ3n) is 3.41. The van der Waals surface area contributed by atoms with Crippen molar-refractivity contribution in [1.29, 1.82) is 0 Å². The highest BCUT2D eigenvalue weighted by molar-refractivity contribution is 7.99. The summed E-state index contributed by atoms with van der Waals surface area (Å²) in [6.45, 7) is 1.67. The molecule has 3 aromatic rings. The summed E-state index contributed by atoms with van der Waals surface area (Å²) >= 11 is 1.63. The molecular weight excluding hydrogens is 322 g/mol. The smallest absolute Gasteiger partial charge is 0.214 e. The Morgan fingerprint density at radius 2 is 2.00 bits per heavy atom. The van der Waals surface area contributed by atoms with Gasteiger partial charge in [-0.1, -0.05) is 42.1 Å². The monoisotopic (exact) mass is 341 g/mol. The Hall–Kier alpha value is -2.38. The summed E-state index contributed by atoms with van der Waals surface area (Å²) < 4.78 is 6.99. The number of tetrazole rings is 1. The maximum Gasteiger partial charge on any atom is 0.214 e. The number of hydrogen-bond donors (Lipinski definition) is 1. The first-order chi connectivity index (χ1) is 11.9. The summed E-state index contributed by atoms with van der Waals surface area (Å²) in [6, 6.07) is 18.0. The van der Waals surface area contributed by atoms with E-state index in [1.165, 1.54) is 5.56 Å². The summed E-state index contributed by atoms with van der Waals surface area (Å²) in [6.07, 6.45) is 0. The topological polar surface area (TPSA) is 64.9 Å². The fourth-order valence-electron chi connectivity index (χ4n) is 2.23. The normalized spacial score (nSPS) is 10.7. The van der Waals surface area contributed by atoms with Crippen LogP contribution >= 0.6 is 11.8 Å². The predicted octanol–water partition coefficient (Wildman–Crippen LogP) is 2.55. The van der Waals surface area contributed by atoms with Gasteiger partial charge in [-0.3, -0.25) is 0 Å². The van der Waals surface area contributed by atoms with Crippen LogP contribution in [0.15, 0.2) is 59.8 Å². The molecule has 1 heterocycles. The maximum absolute atomic E-state index is 5.23. The number of nitrogens with zero attached hydrogens (tertiary/aromatic N) is 4. The Morgan fingerprint density at radius 3 is 2.83 bits per heavy atom. The van der Waals surface area contributed by atoms with Crippen molar-refractivity contribution in [3.05, 3.63) is 60.2 Å². The summed E-state index contributed by atoms with van der Waals surface area (Å²) in [5, 5.41) is 16.1. The predicted molar refractivity (Wildman–Crippen MR) is 94.6 cm³/mol. The SMILES string of the molecule is COc1cccc(CNCCSc2nnnn2-c2ccccc2)c1. The van der Waals surface area contributed by atoms with E-state index in [2.05, 4.69) is 26.9 Å². The van der Waals surface area contributed by atoms with E-state index in [1.807, 2.05) is 48.5 Å². The number of benzene rings is 2. The van der Waals surface area contributed by atoms with Gasteiger partial charge in [0.1, 0.15) is 5.75 Å². The third-order valence-corrected chi connectivity index (χ3v) is 4.34. The molecule has 1 aromatic heterocycles. The van der Waals surface area contributed by atoms with Gasteiger partial charge in [-0.25, -0.2) is 0 Å². The van der Waals surface area contributed by atoms with Gasteiger partial charge in [0.25, 0.3) is 0 Å². The van der Waals surface area contributed by atoms with Crippen LogP contribution in [-0.2, 0) is 6.54 Å². The van der Waals surface area contributed by atoms with E-state index in [-0.39, 0.29) is 0 Å². The summed E-state index contributed by atoms with van der Waals surface area (Å²) in [5.41, 5.74) is 2.17. The van der Waals surface area contributed by atoms with E-state index < -0.39 is 0 Å². The van der Waals surface area contributed by atoms with E-state index in [0.717, 1.165) is 35.4 Å². The summed E-state index contributed by atoms with van der Waals surface area (Å²) in [5.74, 6) is 1.77. The van der Waals surface area contributed by atoms with E-state index in [0.29, 0.717) is 0 Å². The van der Waals surface area contributed by atoms with Gasteiger partial charge in [-0.05, 0) is 40.3 Å². The quantitative estimate of drug-likeness (QED) is 0.502. The van der Waals surface area contributed by atoms with Crippen molar-refractivity contribution >= 4 is 11.8 Å². The standard InChI is InChI=1S/C17H19N5OS/c1-23-16-9-5-6-14(12-16)13-18-10-11-24-17-19-20-21-22(17)15-7-3-2-4-8-15/h2-9,12,18H,10-11,13H2,1H3. The number of hydrogen-bond acceptors (Lipinski definition) is 6. The van der Waals surface area contributed by atoms with Gasteiger partial charge < -0.3 is 10.1 Å². The first-order valence-electron chi connectivity index (χ1n) is 7.67. The second-order valence-electron chi connectivity index (χ2n) is 5.09. The first-order valence-corrected chi connectivity index (χ1v) is 8.65. The van der Waals surface area contributed by atoms with Crippen molar-refractivity contribution in [2.24, 2.45) is 0 Å². The molecule has 7 heteroatoms. The lowest BCUT2D eigenvalue weighted by atomic mass is 10.2. The average molecular weight is 341 g/mol. The Kier molecular flexibility index (Phi) is 5.81. The Morgan fingerprint density at radius 1 is 1.12 bits per heavy atom. The molecule has 0 bridgehead atoms.